The molecule has 1 aliphatic rings. The highest BCUT2D eigenvalue weighted by molar-refractivity contribution is 5.79. The number of amides is 1. The van der Waals surface area contributed by atoms with Crippen LogP contribution < -0.4 is 5.32 Å². The molecule has 2 heterocycles. The van der Waals surface area contributed by atoms with Crippen LogP contribution in [0.4, 0.5) is 0 Å². The Morgan fingerprint density at radius 2 is 2.36 bits per heavy atom. The van der Waals surface area contributed by atoms with Crippen LogP contribution in [-0.2, 0) is 11.2 Å². The van der Waals surface area contributed by atoms with Crippen LogP contribution in [0.3, 0.4) is 0 Å². The summed E-state index contributed by atoms with van der Waals surface area (Å²) in [5.74, 6) is 0.389. The second-order valence-corrected chi connectivity index (χ2v) is 6.41. The summed E-state index contributed by atoms with van der Waals surface area (Å²) in [7, 11) is 0. The van der Waals surface area contributed by atoms with Gasteiger partial charge < -0.3 is 10.2 Å². The third kappa shape index (κ3) is 5.41. The lowest BCUT2D eigenvalue weighted by molar-refractivity contribution is -0.127. The van der Waals surface area contributed by atoms with Crippen molar-refractivity contribution < 1.29 is 4.79 Å². The third-order valence-corrected chi connectivity index (χ3v) is 4.40. The van der Waals surface area contributed by atoms with Crippen molar-refractivity contribution in [1.29, 1.82) is 0 Å². The molecule has 0 spiro atoms. The highest BCUT2D eigenvalue weighted by Gasteiger charge is 2.26. The average molecular weight is 303 g/mol. The molecule has 4 heteroatoms. The van der Waals surface area contributed by atoms with E-state index in [0.717, 1.165) is 57.4 Å². The number of hydrogen-bond acceptors (Lipinski definition) is 3. The molecule has 2 atom stereocenters. The Bertz CT molecular complexity index is 449. The van der Waals surface area contributed by atoms with E-state index in [0.29, 0.717) is 6.04 Å². The van der Waals surface area contributed by atoms with Crippen molar-refractivity contribution in [3.8, 4) is 0 Å². The Hall–Kier alpha value is -1.42. The summed E-state index contributed by atoms with van der Waals surface area (Å²) in [6.07, 6.45) is 7.11. The first-order valence-corrected chi connectivity index (χ1v) is 8.61. The highest BCUT2D eigenvalue weighted by Crippen LogP contribution is 2.17. The maximum absolute atomic E-state index is 12.4. The van der Waals surface area contributed by atoms with Crippen molar-refractivity contribution in [2.75, 3.05) is 19.6 Å². The van der Waals surface area contributed by atoms with Crippen LogP contribution in [0.1, 0.15) is 45.2 Å². The van der Waals surface area contributed by atoms with E-state index in [9.17, 15) is 4.79 Å². The number of pyridine rings is 1. The van der Waals surface area contributed by atoms with E-state index >= 15 is 0 Å². The molecule has 22 heavy (non-hydrogen) atoms. The molecule has 1 saturated heterocycles. The summed E-state index contributed by atoms with van der Waals surface area (Å²) in [6, 6.07) is 6.34. The number of hydrogen-bond donors (Lipinski definition) is 1. The minimum Gasteiger partial charge on any atom is -0.353 e. The summed E-state index contributed by atoms with van der Waals surface area (Å²) >= 11 is 0. The molecule has 122 valence electrons. The van der Waals surface area contributed by atoms with Gasteiger partial charge in [-0.25, -0.2) is 0 Å². The Morgan fingerprint density at radius 3 is 3.09 bits per heavy atom. The molecular weight excluding hydrogens is 274 g/mol. The van der Waals surface area contributed by atoms with E-state index in [2.05, 4.69) is 35.1 Å². The molecule has 2 rings (SSSR count). The van der Waals surface area contributed by atoms with Crippen LogP contribution in [0.15, 0.2) is 24.4 Å². The number of piperidine rings is 1. The van der Waals surface area contributed by atoms with E-state index in [1.165, 1.54) is 0 Å². The van der Waals surface area contributed by atoms with Gasteiger partial charge in [-0.3, -0.25) is 9.78 Å². The van der Waals surface area contributed by atoms with Crippen LogP contribution in [0.2, 0.25) is 0 Å². The van der Waals surface area contributed by atoms with Crippen LogP contribution in [0.5, 0.6) is 0 Å². The average Bonchev–Trinajstić information content (AvgIpc) is 2.54. The maximum atomic E-state index is 12.4. The Balaban J connectivity index is 1.77. The van der Waals surface area contributed by atoms with E-state index in [1.807, 2.05) is 18.3 Å². The number of likely N-dealkylation sites (tertiary alicyclic amines) is 1. The molecule has 1 aromatic rings. The quantitative estimate of drug-likeness (QED) is 0.842. The van der Waals surface area contributed by atoms with Crippen LogP contribution in [-0.4, -0.2) is 41.5 Å². The Morgan fingerprint density at radius 1 is 1.50 bits per heavy atom. The van der Waals surface area contributed by atoms with Gasteiger partial charge in [-0.15, -0.1) is 0 Å². The zero-order valence-electron chi connectivity index (χ0n) is 13.9. The van der Waals surface area contributed by atoms with Crippen LogP contribution >= 0.6 is 0 Å². The molecule has 1 amide bonds. The van der Waals surface area contributed by atoms with E-state index in [-0.39, 0.29) is 11.8 Å². The van der Waals surface area contributed by atoms with Gasteiger partial charge in [0.1, 0.15) is 0 Å². The first-order valence-electron chi connectivity index (χ1n) is 8.61. The van der Waals surface area contributed by atoms with Gasteiger partial charge >= 0.3 is 0 Å². The van der Waals surface area contributed by atoms with Crippen LogP contribution in [0.25, 0.3) is 0 Å². The molecule has 0 radical (unpaired) electrons. The minimum absolute atomic E-state index is 0.150. The van der Waals surface area contributed by atoms with Crippen molar-refractivity contribution >= 4 is 5.91 Å². The van der Waals surface area contributed by atoms with Gasteiger partial charge in [0.2, 0.25) is 5.91 Å². The molecule has 1 aromatic heterocycles. The number of rotatable bonds is 7. The predicted molar refractivity (Wildman–Crippen MR) is 89.6 cm³/mol. The molecule has 4 nitrogen and oxygen atoms in total. The first-order chi connectivity index (χ1) is 10.7. The smallest absolute Gasteiger partial charge is 0.224 e. The van der Waals surface area contributed by atoms with E-state index in [4.69, 9.17) is 0 Å². The van der Waals surface area contributed by atoms with Gasteiger partial charge in [0.15, 0.2) is 0 Å². The predicted octanol–water partition coefficient (Wildman–Crippen LogP) is 2.64. The number of carbonyl (C=O) groups is 1. The Labute approximate surface area is 134 Å². The summed E-state index contributed by atoms with van der Waals surface area (Å²) < 4.78 is 0. The van der Waals surface area contributed by atoms with Gasteiger partial charge in [-0.05, 0) is 44.9 Å². The minimum atomic E-state index is 0.150. The van der Waals surface area contributed by atoms with Gasteiger partial charge in [0.25, 0.3) is 0 Å². The van der Waals surface area contributed by atoms with Gasteiger partial charge in [-0.2, -0.15) is 0 Å². The number of nitrogens with one attached hydrogen (secondary N) is 1. The molecule has 0 aromatic carbocycles. The van der Waals surface area contributed by atoms with Crippen molar-refractivity contribution in [3.63, 3.8) is 0 Å². The molecule has 0 bridgehead atoms. The van der Waals surface area contributed by atoms with Crippen molar-refractivity contribution in [1.82, 2.24) is 15.2 Å². The standard InChI is InChI=1S/C18H29N3O/c1-3-7-15(2)20-18(22)16-8-6-12-21(14-16)13-10-17-9-4-5-11-19-17/h4-5,9,11,15-16H,3,6-8,10,12-14H2,1-2H3,(H,20,22). The number of carbonyl (C=O) groups excluding carboxylic acids is 1. The second kappa shape index (κ2) is 8.89. The fourth-order valence-corrected chi connectivity index (χ4v) is 3.16. The first kappa shape index (κ1) is 16.9. The lowest BCUT2D eigenvalue weighted by Gasteiger charge is -2.32. The molecule has 2 unspecified atom stereocenters. The molecule has 0 saturated carbocycles. The van der Waals surface area contributed by atoms with Crippen molar-refractivity contribution in [3.05, 3.63) is 30.1 Å². The topological polar surface area (TPSA) is 45.2 Å². The molecular formula is C18H29N3O. The summed E-state index contributed by atoms with van der Waals surface area (Å²) in [5.41, 5.74) is 1.13. The zero-order valence-corrected chi connectivity index (χ0v) is 13.9. The molecule has 1 fully saturated rings. The molecule has 0 aliphatic carbocycles. The number of aromatic nitrogens is 1. The highest BCUT2D eigenvalue weighted by atomic mass is 16.2. The van der Waals surface area contributed by atoms with Crippen molar-refractivity contribution in [2.24, 2.45) is 5.92 Å². The zero-order chi connectivity index (χ0) is 15.8. The fraction of sp³-hybridized carbons (Fsp3) is 0.667. The lowest BCUT2D eigenvalue weighted by Crippen LogP contribution is -2.45. The molecule has 1 aliphatic heterocycles. The maximum Gasteiger partial charge on any atom is 0.224 e. The SMILES string of the molecule is CCCC(C)NC(=O)C1CCCN(CCc2ccccn2)C1. The van der Waals surface area contributed by atoms with E-state index in [1.54, 1.807) is 0 Å². The van der Waals surface area contributed by atoms with Gasteiger partial charge in [0.05, 0.1) is 5.92 Å². The number of nitrogens with zero attached hydrogens (tertiary/aromatic N) is 2. The van der Waals surface area contributed by atoms with E-state index < -0.39 is 0 Å². The Kier molecular flexibility index (Phi) is 6.84. The third-order valence-electron chi connectivity index (χ3n) is 4.40. The van der Waals surface area contributed by atoms with Gasteiger partial charge in [-0.1, -0.05) is 19.4 Å². The van der Waals surface area contributed by atoms with Crippen LogP contribution in [0, 0.1) is 5.92 Å². The normalized spacial score (nSPS) is 20.5. The summed E-state index contributed by atoms with van der Waals surface area (Å²) in [4.78, 5) is 19.1. The fourth-order valence-electron chi connectivity index (χ4n) is 3.16. The van der Waals surface area contributed by atoms with Gasteiger partial charge in [0, 0.05) is 37.4 Å². The second-order valence-electron chi connectivity index (χ2n) is 6.41. The molecule has 1 N–H and O–H groups in total. The lowest BCUT2D eigenvalue weighted by atomic mass is 9.96. The monoisotopic (exact) mass is 303 g/mol. The summed E-state index contributed by atoms with van der Waals surface area (Å²) in [5, 5.41) is 3.17. The largest absolute Gasteiger partial charge is 0.353 e. The van der Waals surface area contributed by atoms with Crippen molar-refractivity contribution in [2.45, 2.75) is 52.0 Å². The summed E-state index contributed by atoms with van der Waals surface area (Å²) in [6.45, 7) is 7.23.